The lowest BCUT2D eigenvalue weighted by atomic mass is 10.1. The van der Waals surface area contributed by atoms with E-state index in [-0.39, 0.29) is 18.2 Å². The highest BCUT2D eigenvalue weighted by Crippen LogP contribution is 2.46. The van der Waals surface area contributed by atoms with Gasteiger partial charge in [0.05, 0.1) is 0 Å². The van der Waals surface area contributed by atoms with Gasteiger partial charge in [0.2, 0.25) is 0 Å². The summed E-state index contributed by atoms with van der Waals surface area (Å²) in [5.41, 5.74) is 6.58. The molecule has 4 nitrogen and oxygen atoms in total. The highest BCUT2D eigenvalue weighted by Gasteiger charge is 2.47. The van der Waals surface area contributed by atoms with Gasteiger partial charge in [-0.05, 0) is 52.1 Å². The van der Waals surface area contributed by atoms with Crippen LogP contribution in [0.1, 0.15) is 58.4 Å². The van der Waals surface area contributed by atoms with Gasteiger partial charge in [-0.25, -0.2) is 4.79 Å². The zero-order chi connectivity index (χ0) is 17.0. The van der Waals surface area contributed by atoms with Gasteiger partial charge in [-0.1, -0.05) is 37.3 Å². The van der Waals surface area contributed by atoms with Crippen LogP contribution in [-0.4, -0.2) is 35.2 Å². The van der Waals surface area contributed by atoms with Crippen molar-refractivity contribution in [2.45, 2.75) is 70.6 Å². The van der Waals surface area contributed by atoms with Crippen molar-refractivity contribution in [2.75, 3.05) is 6.54 Å². The normalized spacial score (nSPS) is 21.6. The molecule has 3 atom stereocenters. The number of nitrogens with two attached hydrogens (primary N) is 1. The van der Waals surface area contributed by atoms with Crippen molar-refractivity contribution in [2.24, 2.45) is 5.73 Å². The zero-order valence-corrected chi connectivity index (χ0v) is 14.8. The van der Waals surface area contributed by atoms with Crippen molar-refractivity contribution in [3.8, 4) is 0 Å². The van der Waals surface area contributed by atoms with Crippen molar-refractivity contribution < 1.29 is 9.53 Å². The molecule has 0 aromatic heterocycles. The molecule has 0 heterocycles. The van der Waals surface area contributed by atoms with Gasteiger partial charge in [0, 0.05) is 18.0 Å². The van der Waals surface area contributed by atoms with Crippen LogP contribution >= 0.6 is 0 Å². The van der Waals surface area contributed by atoms with E-state index in [4.69, 9.17) is 10.5 Å². The number of hydrogen-bond donors (Lipinski definition) is 1. The molecular formula is C19H30N2O2. The Morgan fingerprint density at radius 3 is 2.52 bits per heavy atom. The van der Waals surface area contributed by atoms with Gasteiger partial charge in [-0.15, -0.1) is 0 Å². The molecule has 23 heavy (non-hydrogen) atoms. The summed E-state index contributed by atoms with van der Waals surface area (Å²) in [5.74, 6) is 0.413. The molecular weight excluding hydrogens is 288 g/mol. The molecule has 1 aliphatic rings. The van der Waals surface area contributed by atoms with Gasteiger partial charge in [0.1, 0.15) is 5.60 Å². The highest BCUT2D eigenvalue weighted by molar-refractivity contribution is 5.70. The second-order valence-electron chi connectivity index (χ2n) is 7.35. The van der Waals surface area contributed by atoms with E-state index in [0.29, 0.717) is 12.5 Å². The fraction of sp³-hybridized carbons (Fsp3) is 0.632. The first kappa shape index (κ1) is 17.8. The van der Waals surface area contributed by atoms with Crippen LogP contribution in [0, 0.1) is 0 Å². The summed E-state index contributed by atoms with van der Waals surface area (Å²) in [6.45, 7) is 8.43. The number of ether oxygens (including phenoxy) is 1. The highest BCUT2D eigenvalue weighted by atomic mass is 16.6. The first-order chi connectivity index (χ1) is 10.9. The van der Waals surface area contributed by atoms with Crippen LogP contribution in [0.2, 0.25) is 0 Å². The van der Waals surface area contributed by atoms with Gasteiger partial charge in [-0.3, -0.25) is 0 Å². The van der Waals surface area contributed by atoms with Crippen molar-refractivity contribution in [1.29, 1.82) is 0 Å². The molecule has 0 bridgehead atoms. The predicted molar refractivity (Wildman–Crippen MR) is 93.4 cm³/mol. The summed E-state index contributed by atoms with van der Waals surface area (Å²) in [6.07, 6.45) is 2.51. The van der Waals surface area contributed by atoms with E-state index < -0.39 is 5.60 Å². The summed E-state index contributed by atoms with van der Waals surface area (Å²) in [7, 11) is 0. The minimum Gasteiger partial charge on any atom is -0.444 e. The van der Waals surface area contributed by atoms with Crippen molar-refractivity contribution in [3.05, 3.63) is 35.9 Å². The molecule has 2 N–H and O–H groups in total. The monoisotopic (exact) mass is 318 g/mol. The van der Waals surface area contributed by atoms with E-state index >= 15 is 0 Å². The Labute approximate surface area is 140 Å². The zero-order valence-electron chi connectivity index (χ0n) is 14.8. The smallest absolute Gasteiger partial charge is 0.410 e. The molecule has 1 fully saturated rings. The molecule has 0 saturated heterocycles. The second kappa shape index (κ2) is 7.35. The molecule has 0 spiro atoms. The Morgan fingerprint density at radius 2 is 2.00 bits per heavy atom. The standard InChI is InChI=1S/C19H30N2O2/c1-5-15(11-12-20)21(18(22)23-19(2,3)4)17-13-16(17)14-9-7-6-8-10-14/h6-10,15-17H,5,11-13,20H2,1-4H3/t15?,16?,17-/m1/s1. The van der Waals surface area contributed by atoms with Gasteiger partial charge in [0.15, 0.2) is 0 Å². The molecule has 0 radical (unpaired) electrons. The van der Waals surface area contributed by atoms with E-state index in [9.17, 15) is 4.79 Å². The van der Waals surface area contributed by atoms with Gasteiger partial charge in [-0.2, -0.15) is 0 Å². The first-order valence-corrected chi connectivity index (χ1v) is 8.63. The summed E-state index contributed by atoms with van der Waals surface area (Å²) in [5, 5.41) is 0. The lowest BCUT2D eigenvalue weighted by molar-refractivity contribution is 0.0123. The average molecular weight is 318 g/mol. The van der Waals surface area contributed by atoms with Gasteiger partial charge in [0.25, 0.3) is 0 Å². The number of carbonyl (C=O) groups is 1. The van der Waals surface area contributed by atoms with Crippen LogP contribution in [-0.2, 0) is 4.74 Å². The van der Waals surface area contributed by atoms with Crippen LogP contribution in [0.25, 0.3) is 0 Å². The Kier molecular flexibility index (Phi) is 5.69. The van der Waals surface area contributed by atoms with E-state index in [1.54, 1.807) is 0 Å². The molecule has 1 saturated carbocycles. The molecule has 2 unspecified atom stereocenters. The number of rotatable bonds is 6. The quantitative estimate of drug-likeness (QED) is 0.865. The number of nitrogens with zero attached hydrogens (tertiary/aromatic N) is 1. The number of carbonyl (C=O) groups excluding carboxylic acids is 1. The molecule has 4 heteroatoms. The number of hydrogen-bond acceptors (Lipinski definition) is 3. The van der Waals surface area contributed by atoms with Gasteiger partial charge < -0.3 is 15.4 Å². The lowest BCUT2D eigenvalue weighted by Gasteiger charge is -2.33. The minimum absolute atomic E-state index is 0.147. The molecule has 1 amide bonds. The fourth-order valence-corrected chi connectivity index (χ4v) is 3.15. The minimum atomic E-state index is -0.479. The summed E-state index contributed by atoms with van der Waals surface area (Å²) >= 11 is 0. The average Bonchev–Trinajstić information content (AvgIpc) is 3.26. The molecule has 1 aromatic rings. The SMILES string of the molecule is CCC(CCN)N(C(=O)OC(C)(C)C)[C@@H]1CC1c1ccccc1. The van der Waals surface area contributed by atoms with E-state index in [1.807, 2.05) is 31.7 Å². The van der Waals surface area contributed by atoms with E-state index in [2.05, 4.69) is 31.2 Å². The number of benzene rings is 1. The fourth-order valence-electron chi connectivity index (χ4n) is 3.15. The third-order valence-corrected chi connectivity index (χ3v) is 4.31. The Hall–Kier alpha value is -1.55. The van der Waals surface area contributed by atoms with Crippen LogP contribution in [0.3, 0.4) is 0 Å². The molecule has 128 valence electrons. The summed E-state index contributed by atoms with van der Waals surface area (Å²) in [4.78, 5) is 14.7. The largest absolute Gasteiger partial charge is 0.444 e. The maximum absolute atomic E-state index is 12.8. The topological polar surface area (TPSA) is 55.6 Å². The first-order valence-electron chi connectivity index (χ1n) is 8.63. The molecule has 1 aliphatic carbocycles. The predicted octanol–water partition coefficient (Wildman–Crippen LogP) is 3.91. The lowest BCUT2D eigenvalue weighted by Crippen LogP contribution is -2.45. The summed E-state index contributed by atoms with van der Waals surface area (Å²) < 4.78 is 5.66. The third kappa shape index (κ3) is 4.71. The molecule has 1 aromatic carbocycles. The third-order valence-electron chi connectivity index (χ3n) is 4.31. The maximum Gasteiger partial charge on any atom is 0.410 e. The van der Waals surface area contributed by atoms with Gasteiger partial charge >= 0.3 is 6.09 Å². The van der Waals surface area contributed by atoms with E-state index in [1.165, 1.54) is 5.56 Å². The maximum atomic E-state index is 12.8. The van der Waals surface area contributed by atoms with E-state index in [0.717, 1.165) is 19.3 Å². The van der Waals surface area contributed by atoms with Crippen molar-refractivity contribution in [1.82, 2.24) is 4.90 Å². The Bertz CT molecular complexity index is 510. The summed E-state index contributed by atoms with van der Waals surface area (Å²) in [6, 6.07) is 10.8. The number of amides is 1. The van der Waals surface area contributed by atoms with Crippen molar-refractivity contribution in [3.63, 3.8) is 0 Å². The van der Waals surface area contributed by atoms with Crippen LogP contribution in [0.4, 0.5) is 4.79 Å². The van der Waals surface area contributed by atoms with Crippen LogP contribution in [0.5, 0.6) is 0 Å². The Balaban J connectivity index is 2.16. The van der Waals surface area contributed by atoms with Crippen LogP contribution in [0.15, 0.2) is 30.3 Å². The van der Waals surface area contributed by atoms with Crippen molar-refractivity contribution >= 4 is 6.09 Å². The van der Waals surface area contributed by atoms with Crippen LogP contribution < -0.4 is 5.73 Å². The second-order valence-corrected chi connectivity index (χ2v) is 7.35. The Morgan fingerprint density at radius 1 is 1.35 bits per heavy atom. The molecule has 0 aliphatic heterocycles. The molecule has 2 rings (SSSR count).